The number of hydrogen-bond acceptors (Lipinski definition) is 4. The van der Waals surface area contributed by atoms with Crippen LogP contribution in [0.25, 0.3) is 0 Å². The zero-order valence-corrected chi connectivity index (χ0v) is 15.9. The van der Waals surface area contributed by atoms with Gasteiger partial charge in [-0.2, -0.15) is 0 Å². The summed E-state index contributed by atoms with van der Waals surface area (Å²) in [5.41, 5.74) is 4.98. The highest BCUT2D eigenvalue weighted by Gasteiger charge is 2.19. The number of hydrogen-bond donors (Lipinski definition) is 1. The highest BCUT2D eigenvalue weighted by Crippen LogP contribution is 2.35. The summed E-state index contributed by atoms with van der Waals surface area (Å²) in [6.07, 6.45) is 0. The number of ether oxygens (including phenoxy) is 2. The molecule has 5 heteroatoms. The van der Waals surface area contributed by atoms with Gasteiger partial charge >= 0.3 is 0 Å². The SMILES string of the molecule is COc1cccc(NC(=O)c2ccc(N3Cc4ccccc4C3)cc2)c1OC. The third-order valence-electron chi connectivity index (χ3n) is 4.99. The van der Waals surface area contributed by atoms with Crippen molar-refractivity contribution in [1.82, 2.24) is 0 Å². The lowest BCUT2D eigenvalue weighted by molar-refractivity contribution is 0.102. The van der Waals surface area contributed by atoms with Crippen LogP contribution in [0.4, 0.5) is 11.4 Å². The Kier molecular flexibility index (Phi) is 4.89. The summed E-state index contributed by atoms with van der Waals surface area (Å²) in [7, 11) is 3.12. The summed E-state index contributed by atoms with van der Waals surface area (Å²) in [5, 5.41) is 2.90. The molecular formula is C23H22N2O3. The van der Waals surface area contributed by atoms with Gasteiger partial charge in [-0.3, -0.25) is 4.79 Å². The van der Waals surface area contributed by atoms with Gasteiger partial charge in [0.05, 0.1) is 19.9 Å². The lowest BCUT2D eigenvalue weighted by Gasteiger charge is -2.18. The van der Waals surface area contributed by atoms with Gasteiger partial charge in [-0.25, -0.2) is 0 Å². The molecule has 3 aromatic carbocycles. The molecule has 0 aliphatic carbocycles. The summed E-state index contributed by atoms with van der Waals surface area (Å²) in [6.45, 7) is 1.78. The number of carbonyl (C=O) groups is 1. The number of benzene rings is 3. The molecule has 28 heavy (non-hydrogen) atoms. The minimum atomic E-state index is -0.192. The molecule has 142 valence electrons. The third-order valence-corrected chi connectivity index (χ3v) is 4.99. The van der Waals surface area contributed by atoms with E-state index < -0.39 is 0 Å². The number of amides is 1. The maximum Gasteiger partial charge on any atom is 0.255 e. The standard InChI is InChI=1S/C23H22N2O3/c1-27-21-9-5-8-20(22(21)28-2)24-23(26)16-10-12-19(13-11-16)25-14-17-6-3-4-7-18(17)15-25/h3-13H,14-15H2,1-2H3,(H,24,26). The van der Waals surface area contributed by atoms with Gasteiger partial charge in [0.25, 0.3) is 5.91 Å². The summed E-state index contributed by atoms with van der Waals surface area (Å²) in [4.78, 5) is 15.0. The van der Waals surface area contributed by atoms with Gasteiger partial charge in [-0.05, 0) is 47.5 Å². The monoisotopic (exact) mass is 374 g/mol. The van der Waals surface area contributed by atoms with Crippen molar-refractivity contribution in [2.45, 2.75) is 13.1 Å². The van der Waals surface area contributed by atoms with Crippen molar-refractivity contribution in [2.75, 3.05) is 24.4 Å². The zero-order valence-electron chi connectivity index (χ0n) is 15.9. The first-order chi connectivity index (χ1) is 13.7. The summed E-state index contributed by atoms with van der Waals surface area (Å²) in [6, 6.07) is 21.5. The number of methoxy groups -OCH3 is 2. The van der Waals surface area contributed by atoms with Crippen molar-refractivity contribution in [3.63, 3.8) is 0 Å². The fourth-order valence-electron chi connectivity index (χ4n) is 3.52. The summed E-state index contributed by atoms with van der Waals surface area (Å²) in [5.74, 6) is 0.886. The molecule has 0 saturated heterocycles. The van der Waals surface area contributed by atoms with E-state index in [2.05, 4.69) is 34.5 Å². The number of nitrogens with one attached hydrogen (secondary N) is 1. The maximum absolute atomic E-state index is 12.7. The molecule has 0 saturated carbocycles. The molecule has 3 aromatic rings. The van der Waals surface area contributed by atoms with Crippen molar-refractivity contribution in [3.8, 4) is 11.5 Å². The van der Waals surface area contributed by atoms with Crippen LogP contribution in [0, 0.1) is 0 Å². The lowest BCUT2D eigenvalue weighted by atomic mass is 10.1. The Bertz CT molecular complexity index is 974. The van der Waals surface area contributed by atoms with Gasteiger partial charge < -0.3 is 19.7 Å². The van der Waals surface area contributed by atoms with E-state index in [1.807, 2.05) is 30.3 Å². The molecule has 0 unspecified atom stereocenters. The molecule has 0 spiro atoms. The second-order valence-electron chi connectivity index (χ2n) is 6.67. The minimum absolute atomic E-state index is 0.192. The van der Waals surface area contributed by atoms with E-state index in [1.54, 1.807) is 26.4 Å². The molecule has 0 fully saturated rings. The number of rotatable bonds is 5. The maximum atomic E-state index is 12.7. The number of para-hydroxylation sites is 1. The van der Waals surface area contributed by atoms with E-state index in [1.165, 1.54) is 11.1 Å². The van der Waals surface area contributed by atoms with Crippen LogP contribution in [-0.2, 0) is 13.1 Å². The predicted octanol–water partition coefficient (Wildman–Crippen LogP) is 4.48. The van der Waals surface area contributed by atoms with Crippen molar-refractivity contribution < 1.29 is 14.3 Å². The van der Waals surface area contributed by atoms with Crippen LogP contribution in [0.3, 0.4) is 0 Å². The highest BCUT2D eigenvalue weighted by molar-refractivity contribution is 6.05. The van der Waals surface area contributed by atoms with Crippen molar-refractivity contribution in [2.24, 2.45) is 0 Å². The topological polar surface area (TPSA) is 50.8 Å². The Labute approximate surface area is 164 Å². The third kappa shape index (κ3) is 3.39. The predicted molar refractivity (Wildman–Crippen MR) is 110 cm³/mol. The van der Waals surface area contributed by atoms with Crippen LogP contribution in [0.5, 0.6) is 11.5 Å². The van der Waals surface area contributed by atoms with Crippen LogP contribution in [-0.4, -0.2) is 20.1 Å². The second kappa shape index (κ2) is 7.64. The Morgan fingerprint density at radius 2 is 1.54 bits per heavy atom. The first kappa shape index (κ1) is 17.9. The van der Waals surface area contributed by atoms with Crippen LogP contribution >= 0.6 is 0 Å². The summed E-state index contributed by atoms with van der Waals surface area (Å²) < 4.78 is 10.7. The van der Waals surface area contributed by atoms with Gasteiger partial charge in [0.2, 0.25) is 0 Å². The van der Waals surface area contributed by atoms with E-state index in [4.69, 9.17) is 9.47 Å². The average molecular weight is 374 g/mol. The molecule has 0 atom stereocenters. The Morgan fingerprint density at radius 1 is 0.857 bits per heavy atom. The molecule has 5 nitrogen and oxygen atoms in total. The number of nitrogens with zero attached hydrogens (tertiary/aromatic N) is 1. The fraction of sp³-hybridized carbons (Fsp3) is 0.174. The van der Waals surface area contributed by atoms with Crippen molar-refractivity contribution in [3.05, 3.63) is 83.4 Å². The van der Waals surface area contributed by atoms with Crippen LogP contribution in [0.15, 0.2) is 66.7 Å². The van der Waals surface area contributed by atoms with E-state index in [0.29, 0.717) is 22.7 Å². The van der Waals surface area contributed by atoms with Crippen molar-refractivity contribution in [1.29, 1.82) is 0 Å². The van der Waals surface area contributed by atoms with Gasteiger partial charge in [0.15, 0.2) is 11.5 Å². The Balaban J connectivity index is 1.48. The smallest absolute Gasteiger partial charge is 0.255 e. The lowest BCUT2D eigenvalue weighted by Crippen LogP contribution is -2.16. The molecule has 4 rings (SSSR count). The zero-order chi connectivity index (χ0) is 19.5. The van der Waals surface area contributed by atoms with Crippen LogP contribution < -0.4 is 19.7 Å². The van der Waals surface area contributed by atoms with Gasteiger partial charge in [-0.1, -0.05) is 30.3 Å². The van der Waals surface area contributed by atoms with Gasteiger partial charge in [-0.15, -0.1) is 0 Å². The Hall–Kier alpha value is -3.47. The molecule has 0 aromatic heterocycles. The van der Waals surface area contributed by atoms with Crippen LogP contribution in [0.1, 0.15) is 21.5 Å². The molecule has 1 amide bonds. The van der Waals surface area contributed by atoms with E-state index in [0.717, 1.165) is 18.8 Å². The van der Waals surface area contributed by atoms with E-state index >= 15 is 0 Å². The quantitative estimate of drug-likeness (QED) is 0.716. The second-order valence-corrected chi connectivity index (χ2v) is 6.67. The van der Waals surface area contributed by atoms with Crippen molar-refractivity contribution >= 4 is 17.3 Å². The highest BCUT2D eigenvalue weighted by atomic mass is 16.5. The molecule has 0 bridgehead atoms. The number of anilines is 2. The van der Waals surface area contributed by atoms with Gasteiger partial charge in [0, 0.05) is 24.3 Å². The first-order valence-electron chi connectivity index (χ1n) is 9.13. The molecular weight excluding hydrogens is 352 g/mol. The average Bonchev–Trinajstić information content (AvgIpc) is 3.18. The van der Waals surface area contributed by atoms with E-state index in [9.17, 15) is 4.79 Å². The normalized spacial score (nSPS) is 12.4. The number of carbonyl (C=O) groups excluding carboxylic acids is 1. The molecule has 1 heterocycles. The molecule has 1 N–H and O–H groups in total. The number of fused-ring (bicyclic) bond motifs is 1. The molecule has 1 aliphatic rings. The minimum Gasteiger partial charge on any atom is -0.493 e. The van der Waals surface area contributed by atoms with Gasteiger partial charge in [0.1, 0.15) is 0 Å². The van der Waals surface area contributed by atoms with E-state index in [-0.39, 0.29) is 5.91 Å². The largest absolute Gasteiger partial charge is 0.493 e. The Morgan fingerprint density at radius 3 is 2.14 bits per heavy atom. The first-order valence-corrected chi connectivity index (χ1v) is 9.13. The fourth-order valence-corrected chi connectivity index (χ4v) is 3.52. The summed E-state index contributed by atoms with van der Waals surface area (Å²) >= 11 is 0. The molecule has 1 aliphatic heterocycles. The van der Waals surface area contributed by atoms with Crippen LogP contribution in [0.2, 0.25) is 0 Å². The molecule has 0 radical (unpaired) electrons.